The lowest BCUT2D eigenvalue weighted by Gasteiger charge is -1.99. The van der Waals surface area contributed by atoms with Crippen LogP contribution in [0.15, 0.2) is 6.33 Å². The number of aromatic amines is 1. The van der Waals surface area contributed by atoms with Gasteiger partial charge in [0.2, 0.25) is 10.0 Å². The molecule has 0 saturated carbocycles. The molecule has 4 N–H and O–H groups in total. The largest absolute Gasteiger partial charge is 0.309 e. The third kappa shape index (κ3) is 4.55. The predicted molar refractivity (Wildman–Crippen MR) is 46.1 cm³/mol. The molecule has 1 rings (SSSR count). The summed E-state index contributed by atoms with van der Waals surface area (Å²) in [5.41, 5.74) is 0. The molecule has 0 aromatic carbocycles. The molecule has 1 heterocycles. The molecule has 13 heavy (non-hydrogen) atoms. The monoisotopic (exact) mass is 205 g/mol. The zero-order chi connectivity index (χ0) is 9.73. The van der Waals surface area contributed by atoms with Crippen molar-refractivity contribution < 1.29 is 8.42 Å². The van der Waals surface area contributed by atoms with Gasteiger partial charge in [-0.3, -0.25) is 5.10 Å². The van der Waals surface area contributed by atoms with Crippen LogP contribution in [0, 0.1) is 0 Å². The Hall–Kier alpha value is -0.990. The number of hydrogen-bond donors (Lipinski definition) is 3. The Labute approximate surface area is 75.8 Å². The van der Waals surface area contributed by atoms with Gasteiger partial charge in [0.15, 0.2) is 0 Å². The lowest BCUT2D eigenvalue weighted by molar-refractivity contribution is 0.591. The number of nitrogens with two attached hydrogens (primary N) is 1. The van der Waals surface area contributed by atoms with Crippen LogP contribution in [0.1, 0.15) is 5.82 Å². The minimum absolute atomic E-state index is 0.0822. The van der Waals surface area contributed by atoms with Gasteiger partial charge in [-0.1, -0.05) is 0 Å². The summed E-state index contributed by atoms with van der Waals surface area (Å²) >= 11 is 0. The van der Waals surface area contributed by atoms with Gasteiger partial charge in [-0.05, 0) is 0 Å². The van der Waals surface area contributed by atoms with Crippen molar-refractivity contribution in [2.24, 2.45) is 5.14 Å². The lowest BCUT2D eigenvalue weighted by atomic mass is 10.6. The second-order valence-electron chi connectivity index (χ2n) is 2.48. The van der Waals surface area contributed by atoms with Gasteiger partial charge in [0.1, 0.15) is 12.2 Å². The molecule has 0 bridgehead atoms. The fourth-order valence-corrected chi connectivity index (χ4v) is 1.17. The van der Waals surface area contributed by atoms with E-state index >= 15 is 0 Å². The molecule has 74 valence electrons. The van der Waals surface area contributed by atoms with E-state index in [9.17, 15) is 8.42 Å². The molecule has 0 unspecified atom stereocenters. The molecule has 0 fully saturated rings. The first-order valence-electron chi connectivity index (χ1n) is 3.63. The number of nitrogens with zero attached hydrogens (tertiary/aromatic N) is 2. The van der Waals surface area contributed by atoms with Gasteiger partial charge in [0.25, 0.3) is 0 Å². The van der Waals surface area contributed by atoms with Crippen molar-refractivity contribution in [2.45, 2.75) is 6.54 Å². The van der Waals surface area contributed by atoms with Gasteiger partial charge >= 0.3 is 0 Å². The molecule has 7 nitrogen and oxygen atoms in total. The van der Waals surface area contributed by atoms with Crippen molar-refractivity contribution in [1.29, 1.82) is 0 Å². The van der Waals surface area contributed by atoms with Crippen LogP contribution < -0.4 is 10.5 Å². The molecule has 0 aliphatic carbocycles. The van der Waals surface area contributed by atoms with E-state index in [1.165, 1.54) is 6.33 Å². The summed E-state index contributed by atoms with van der Waals surface area (Å²) in [5.74, 6) is 0.579. The van der Waals surface area contributed by atoms with E-state index in [1.807, 2.05) is 0 Å². The van der Waals surface area contributed by atoms with Crippen molar-refractivity contribution in [3.8, 4) is 0 Å². The van der Waals surface area contributed by atoms with Crippen LogP contribution in [0.5, 0.6) is 0 Å². The highest BCUT2D eigenvalue weighted by Crippen LogP contribution is 1.83. The fourth-order valence-electron chi connectivity index (χ4n) is 0.737. The van der Waals surface area contributed by atoms with Crippen molar-refractivity contribution in [2.75, 3.05) is 12.3 Å². The number of H-pyrrole nitrogens is 1. The molecule has 0 amide bonds. The molecule has 0 aliphatic rings. The second kappa shape index (κ2) is 4.30. The highest BCUT2D eigenvalue weighted by Gasteiger charge is 2.01. The van der Waals surface area contributed by atoms with Gasteiger partial charge in [0, 0.05) is 6.54 Å². The van der Waals surface area contributed by atoms with Gasteiger partial charge in [-0.2, -0.15) is 5.10 Å². The quantitative estimate of drug-likeness (QED) is 0.490. The Kier molecular flexibility index (Phi) is 3.34. The molecule has 1 aromatic rings. The first-order valence-corrected chi connectivity index (χ1v) is 5.35. The molecule has 0 radical (unpaired) electrons. The van der Waals surface area contributed by atoms with Crippen LogP contribution in [-0.4, -0.2) is 35.9 Å². The van der Waals surface area contributed by atoms with E-state index in [2.05, 4.69) is 20.5 Å². The molecular formula is C5H11N5O2S. The average Bonchev–Trinajstić information content (AvgIpc) is 2.48. The van der Waals surface area contributed by atoms with Gasteiger partial charge in [-0.25, -0.2) is 18.5 Å². The number of sulfonamides is 1. The minimum atomic E-state index is -3.37. The Balaban J connectivity index is 2.16. The molecule has 0 saturated heterocycles. The minimum Gasteiger partial charge on any atom is -0.309 e. The maximum atomic E-state index is 10.5. The zero-order valence-electron chi connectivity index (χ0n) is 6.90. The fraction of sp³-hybridized carbons (Fsp3) is 0.600. The number of aromatic nitrogens is 3. The Morgan fingerprint density at radius 1 is 1.62 bits per heavy atom. The van der Waals surface area contributed by atoms with Gasteiger partial charge in [0.05, 0.1) is 12.3 Å². The first-order chi connectivity index (χ1) is 6.08. The van der Waals surface area contributed by atoms with E-state index in [4.69, 9.17) is 5.14 Å². The third-order valence-electron chi connectivity index (χ3n) is 1.32. The van der Waals surface area contributed by atoms with E-state index < -0.39 is 10.0 Å². The van der Waals surface area contributed by atoms with Crippen molar-refractivity contribution in [3.05, 3.63) is 12.2 Å². The maximum Gasteiger partial charge on any atom is 0.210 e. The predicted octanol–water partition coefficient (Wildman–Crippen LogP) is -1.82. The molecule has 1 aromatic heterocycles. The normalized spacial score (nSPS) is 11.8. The smallest absolute Gasteiger partial charge is 0.210 e. The SMILES string of the molecule is NS(=O)(=O)CCNCc1ncn[nH]1. The van der Waals surface area contributed by atoms with Gasteiger partial charge in [-0.15, -0.1) is 0 Å². The standard InChI is InChI=1S/C5H11N5O2S/c6-13(11,12)2-1-7-3-5-8-4-9-10-5/h4,7H,1-3H2,(H2,6,11,12)(H,8,9,10). The molecule has 0 atom stereocenters. The summed E-state index contributed by atoms with van der Waals surface area (Å²) in [6.45, 7) is 0.759. The lowest BCUT2D eigenvalue weighted by Crippen LogP contribution is -2.27. The van der Waals surface area contributed by atoms with E-state index in [-0.39, 0.29) is 5.75 Å². The summed E-state index contributed by atoms with van der Waals surface area (Å²) in [4.78, 5) is 3.84. The maximum absolute atomic E-state index is 10.5. The van der Waals surface area contributed by atoms with E-state index in [1.54, 1.807) is 0 Å². The van der Waals surface area contributed by atoms with Crippen molar-refractivity contribution in [3.63, 3.8) is 0 Å². The summed E-state index contributed by atoms with van der Waals surface area (Å²) in [6.07, 6.45) is 1.39. The molecule has 0 spiro atoms. The zero-order valence-corrected chi connectivity index (χ0v) is 7.71. The molecule has 0 aliphatic heterocycles. The van der Waals surface area contributed by atoms with Crippen molar-refractivity contribution >= 4 is 10.0 Å². The summed E-state index contributed by atoms with van der Waals surface area (Å²) in [7, 11) is -3.37. The van der Waals surface area contributed by atoms with Crippen LogP contribution in [0.25, 0.3) is 0 Å². The van der Waals surface area contributed by atoms with Crippen LogP contribution in [0.3, 0.4) is 0 Å². The van der Waals surface area contributed by atoms with E-state index in [0.29, 0.717) is 18.9 Å². The summed E-state index contributed by atoms with van der Waals surface area (Å²) < 4.78 is 21.0. The second-order valence-corrected chi connectivity index (χ2v) is 4.21. The van der Waals surface area contributed by atoms with Gasteiger partial charge < -0.3 is 5.32 Å². The molecule has 8 heteroatoms. The Morgan fingerprint density at radius 2 is 2.38 bits per heavy atom. The highest BCUT2D eigenvalue weighted by atomic mass is 32.2. The highest BCUT2D eigenvalue weighted by molar-refractivity contribution is 7.89. The number of nitrogens with one attached hydrogen (secondary N) is 2. The van der Waals surface area contributed by atoms with E-state index in [0.717, 1.165) is 0 Å². The summed E-state index contributed by atoms with van der Waals surface area (Å²) in [5, 5.41) is 13.9. The Bertz CT molecular complexity index is 332. The third-order valence-corrected chi connectivity index (χ3v) is 2.09. The Morgan fingerprint density at radius 3 is 2.92 bits per heavy atom. The number of primary sulfonamides is 1. The first kappa shape index (κ1) is 10.1. The van der Waals surface area contributed by atoms with Crippen LogP contribution in [0.4, 0.5) is 0 Å². The van der Waals surface area contributed by atoms with Crippen LogP contribution >= 0.6 is 0 Å². The average molecular weight is 205 g/mol. The number of hydrogen-bond acceptors (Lipinski definition) is 5. The van der Waals surface area contributed by atoms with Crippen LogP contribution in [0.2, 0.25) is 0 Å². The van der Waals surface area contributed by atoms with Crippen LogP contribution in [-0.2, 0) is 16.6 Å². The topological polar surface area (TPSA) is 114 Å². The summed E-state index contributed by atoms with van der Waals surface area (Å²) in [6, 6.07) is 0. The number of rotatable bonds is 5. The van der Waals surface area contributed by atoms with Crippen molar-refractivity contribution in [1.82, 2.24) is 20.5 Å². The molecular weight excluding hydrogens is 194 g/mol.